The zero-order valence-corrected chi connectivity index (χ0v) is 10.6. The van der Waals surface area contributed by atoms with Gasteiger partial charge in [0.25, 0.3) is 0 Å². The number of amides is 1. The molecule has 0 saturated carbocycles. The summed E-state index contributed by atoms with van der Waals surface area (Å²) in [6, 6.07) is 13.0. The van der Waals surface area contributed by atoms with Gasteiger partial charge in [-0.15, -0.1) is 0 Å². The number of carbonyl (C=O) groups excluding carboxylic acids is 1. The summed E-state index contributed by atoms with van der Waals surface area (Å²) in [4.78, 5) is 13.6. The molecule has 98 valence electrons. The highest BCUT2D eigenvalue weighted by atomic mass is 19.1. The lowest BCUT2D eigenvalue weighted by Gasteiger charge is -2.17. The number of hydrogen-bond acceptors (Lipinski definition) is 2. The normalized spacial score (nSPS) is 10.2. The van der Waals surface area contributed by atoms with Gasteiger partial charge in [-0.2, -0.15) is 0 Å². The third-order valence-corrected chi connectivity index (χ3v) is 2.89. The number of nitrogen functional groups attached to an aromatic ring is 1. The molecule has 1 amide bonds. The number of likely N-dealkylation sites (N-methyl/N-ethyl adjacent to an activating group) is 1. The Kier molecular flexibility index (Phi) is 3.80. The number of nitrogens with two attached hydrogens (primary N) is 1. The Bertz CT molecular complexity index is 581. The fourth-order valence-corrected chi connectivity index (χ4v) is 1.80. The Morgan fingerprint density at radius 1 is 1.21 bits per heavy atom. The van der Waals surface area contributed by atoms with E-state index >= 15 is 0 Å². The van der Waals surface area contributed by atoms with E-state index in [4.69, 9.17) is 5.73 Å². The van der Waals surface area contributed by atoms with E-state index in [1.54, 1.807) is 31.3 Å². The molecule has 0 saturated heterocycles. The second kappa shape index (κ2) is 5.52. The first-order valence-electron chi connectivity index (χ1n) is 5.93. The zero-order chi connectivity index (χ0) is 13.8. The average molecular weight is 258 g/mol. The number of hydrogen-bond donors (Lipinski definition) is 1. The van der Waals surface area contributed by atoms with Gasteiger partial charge in [0.2, 0.25) is 5.91 Å². The van der Waals surface area contributed by atoms with Gasteiger partial charge in [-0.3, -0.25) is 4.79 Å². The predicted molar refractivity (Wildman–Crippen MR) is 74.4 cm³/mol. The minimum absolute atomic E-state index is 0.0720. The second-order valence-corrected chi connectivity index (χ2v) is 4.35. The minimum Gasteiger partial charge on any atom is -0.399 e. The van der Waals surface area contributed by atoms with Gasteiger partial charge in [0.05, 0.1) is 6.42 Å². The molecule has 2 rings (SSSR count). The molecule has 0 atom stereocenters. The average Bonchev–Trinajstić information content (AvgIpc) is 2.39. The van der Waals surface area contributed by atoms with Crippen LogP contribution in [0.3, 0.4) is 0 Å². The minimum atomic E-state index is -0.319. The monoisotopic (exact) mass is 258 g/mol. The van der Waals surface area contributed by atoms with E-state index in [0.717, 1.165) is 5.56 Å². The number of halogens is 1. The first kappa shape index (κ1) is 13.1. The van der Waals surface area contributed by atoms with E-state index in [9.17, 15) is 9.18 Å². The van der Waals surface area contributed by atoms with Crippen molar-refractivity contribution in [1.82, 2.24) is 0 Å². The molecule has 19 heavy (non-hydrogen) atoms. The molecule has 2 aromatic carbocycles. The third-order valence-electron chi connectivity index (χ3n) is 2.89. The molecule has 4 heteroatoms. The number of benzene rings is 2. The van der Waals surface area contributed by atoms with Gasteiger partial charge in [0.15, 0.2) is 0 Å². The van der Waals surface area contributed by atoms with Crippen LogP contribution in [0.5, 0.6) is 0 Å². The van der Waals surface area contributed by atoms with Crippen molar-refractivity contribution in [2.75, 3.05) is 17.7 Å². The van der Waals surface area contributed by atoms with Crippen LogP contribution >= 0.6 is 0 Å². The Balaban J connectivity index is 2.09. The molecule has 0 aliphatic rings. The summed E-state index contributed by atoms with van der Waals surface area (Å²) < 4.78 is 12.8. The van der Waals surface area contributed by atoms with E-state index < -0.39 is 0 Å². The van der Waals surface area contributed by atoms with Crippen LogP contribution in [0, 0.1) is 5.82 Å². The zero-order valence-electron chi connectivity index (χ0n) is 10.6. The standard InChI is InChI=1S/C15H15FN2O/c1-18(14-7-5-12(16)6-8-14)15(19)10-11-3-2-4-13(17)9-11/h2-9H,10,17H2,1H3. The van der Waals surface area contributed by atoms with Gasteiger partial charge in [-0.05, 0) is 42.0 Å². The van der Waals surface area contributed by atoms with Gasteiger partial charge >= 0.3 is 0 Å². The van der Waals surface area contributed by atoms with Gasteiger partial charge in [-0.1, -0.05) is 12.1 Å². The lowest BCUT2D eigenvalue weighted by Crippen LogP contribution is -2.27. The third kappa shape index (κ3) is 3.31. The molecular formula is C15H15FN2O. The summed E-state index contributed by atoms with van der Waals surface area (Å²) in [6.45, 7) is 0. The largest absolute Gasteiger partial charge is 0.399 e. The van der Waals surface area contributed by atoms with E-state index in [2.05, 4.69) is 0 Å². The van der Waals surface area contributed by atoms with Crippen LogP contribution in [0.2, 0.25) is 0 Å². The highest BCUT2D eigenvalue weighted by Gasteiger charge is 2.11. The molecule has 0 aliphatic heterocycles. The summed E-state index contributed by atoms with van der Waals surface area (Å²) in [5.41, 5.74) is 7.83. The fourth-order valence-electron chi connectivity index (χ4n) is 1.80. The van der Waals surface area contributed by atoms with E-state index in [1.165, 1.54) is 17.0 Å². The summed E-state index contributed by atoms with van der Waals surface area (Å²) >= 11 is 0. The Labute approximate surface area is 111 Å². The number of nitrogens with zero attached hydrogens (tertiary/aromatic N) is 1. The quantitative estimate of drug-likeness (QED) is 0.860. The van der Waals surface area contributed by atoms with Crippen molar-refractivity contribution in [3.63, 3.8) is 0 Å². The predicted octanol–water partition coefficient (Wildman–Crippen LogP) is 2.61. The van der Waals surface area contributed by atoms with Crippen LogP contribution in [0.15, 0.2) is 48.5 Å². The topological polar surface area (TPSA) is 46.3 Å². The summed E-state index contributed by atoms with van der Waals surface area (Å²) in [5.74, 6) is -0.391. The molecule has 0 spiro atoms. The first-order valence-corrected chi connectivity index (χ1v) is 5.93. The lowest BCUT2D eigenvalue weighted by molar-refractivity contribution is -0.117. The Morgan fingerprint density at radius 3 is 2.53 bits per heavy atom. The second-order valence-electron chi connectivity index (χ2n) is 4.35. The Hall–Kier alpha value is -2.36. The van der Waals surface area contributed by atoms with E-state index in [0.29, 0.717) is 11.4 Å². The van der Waals surface area contributed by atoms with Gasteiger partial charge < -0.3 is 10.6 Å². The van der Waals surface area contributed by atoms with Crippen molar-refractivity contribution in [3.05, 3.63) is 59.9 Å². The van der Waals surface area contributed by atoms with Crippen molar-refractivity contribution in [1.29, 1.82) is 0 Å². The molecular weight excluding hydrogens is 243 g/mol. The molecule has 0 fully saturated rings. The number of rotatable bonds is 3. The molecule has 0 aliphatic carbocycles. The molecule has 3 nitrogen and oxygen atoms in total. The van der Waals surface area contributed by atoms with E-state index in [-0.39, 0.29) is 18.1 Å². The molecule has 0 aromatic heterocycles. The summed E-state index contributed by atoms with van der Waals surface area (Å²) in [5, 5.41) is 0. The van der Waals surface area contributed by atoms with Crippen LogP contribution in [0.1, 0.15) is 5.56 Å². The van der Waals surface area contributed by atoms with Gasteiger partial charge in [0.1, 0.15) is 5.82 Å². The maximum absolute atomic E-state index is 12.8. The fraction of sp³-hybridized carbons (Fsp3) is 0.133. The maximum Gasteiger partial charge on any atom is 0.231 e. The van der Waals surface area contributed by atoms with Gasteiger partial charge in [0, 0.05) is 18.4 Å². The van der Waals surface area contributed by atoms with Gasteiger partial charge in [-0.25, -0.2) is 4.39 Å². The molecule has 0 unspecified atom stereocenters. The van der Waals surface area contributed by atoms with Crippen LogP contribution in [0.25, 0.3) is 0 Å². The molecule has 0 bridgehead atoms. The summed E-state index contributed by atoms with van der Waals surface area (Å²) in [7, 11) is 1.67. The molecule has 0 radical (unpaired) electrons. The van der Waals surface area contributed by atoms with Crippen molar-refractivity contribution in [3.8, 4) is 0 Å². The molecule has 2 aromatic rings. The van der Waals surface area contributed by atoms with Crippen LogP contribution < -0.4 is 10.6 Å². The highest BCUT2D eigenvalue weighted by molar-refractivity contribution is 5.94. The van der Waals surface area contributed by atoms with Crippen LogP contribution in [-0.2, 0) is 11.2 Å². The SMILES string of the molecule is CN(C(=O)Cc1cccc(N)c1)c1ccc(F)cc1. The number of carbonyl (C=O) groups is 1. The first-order chi connectivity index (χ1) is 9.06. The van der Waals surface area contributed by atoms with E-state index in [1.807, 2.05) is 12.1 Å². The van der Waals surface area contributed by atoms with Crippen molar-refractivity contribution in [2.24, 2.45) is 0 Å². The maximum atomic E-state index is 12.8. The number of anilines is 2. The van der Waals surface area contributed by atoms with Crippen LogP contribution in [0.4, 0.5) is 15.8 Å². The smallest absolute Gasteiger partial charge is 0.231 e. The van der Waals surface area contributed by atoms with Crippen molar-refractivity contribution < 1.29 is 9.18 Å². The van der Waals surface area contributed by atoms with Crippen molar-refractivity contribution >= 4 is 17.3 Å². The molecule has 0 heterocycles. The lowest BCUT2D eigenvalue weighted by atomic mass is 10.1. The highest BCUT2D eigenvalue weighted by Crippen LogP contribution is 2.15. The molecule has 2 N–H and O–H groups in total. The van der Waals surface area contributed by atoms with Crippen molar-refractivity contribution in [2.45, 2.75) is 6.42 Å². The van der Waals surface area contributed by atoms with Crippen LogP contribution in [-0.4, -0.2) is 13.0 Å². The summed E-state index contributed by atoms with van der Waals surface area (Å²) in [6.07, 6.45) is 0.263. The Morgan fingerprint density at radius 2 is 1.89 bits per heavy atom.